The molecule has 1 saturated heterocycles. The quantitative estimate of drug-likeness (QED) is 0.361. The maximum absolute atomic E-state index is 13.4. The van der Waals surface area contributed by atoms with E-state index in [0.29, 0.717) is 36.9 Å². The van der Waals surface area contributed by atoms with E-state index in [1.165, 1.54) is 17.4 Å². The Hall–Kier alpha value is -3.15. The number of anilines is 2. The summed E-state index contributed by atoms with van der Waals surface area (Å²) in [5, 5.41) is 3.65. The highest BCUT2D eigenvalue weighted by atomic mass is 32.2. The molecule has 4 rings (SSSR count). The number of nitrogens with two attached hydrogens (primary N) is 1. The summed E-state index contributed by atoms with van der Waals surface area (Å²) in [5.41, 5.74) is 7.51. The number of H-pyrrole nitrogens is 1. The SMILES string of the molecule is Cc1c(-c2ccccc2)sc(NC(=O)CSc2nc(N)cc(=O)[nH]2)c1C(=O)N1CCOCC1. The Bertz CT molecular complexity index is 1220. The zero-order chi connectivity index (χ0) is 23.4. The van der Waals surface area contributed by atoms with Crippen LogP contribution in [0.25, 0.3) is 10.4 Å². The van der Waals surface area contributed by atoms with Crippen LogP contribution in [0.1, 0.15) is 15.9 Å². The summed E-state index contributed by atoms with van der Waals surface area (Å²) in [6, 6.07) is 10.9. The van der Waals surface area contributed by atoms with Gasteiger partial charge in [-0.05, 0) is 18.1 Å². The van der Waals surface area contributed by atoms with Crippen molar-refractivity contribution in [3.8, 4) is 10.4 Å². The van der Waals surface area contributed by atoms with Crippen molar-refractivity contribution in [2.45, 2.75) is 12.1 Å². The molecule has 4 N–H and O–H groups in total. The minimum atomic E-state index is -0.384. The summed E-state index contributed by atoms with van der Waals surface area (Å²) in [4.78, 5) is 46.9. The van der Waals surface area contributed by atoms with E-state index in [2.05, 4.69) is 15.3 Å². The molecule has 0 saturated carbocycles. The number of carbonyl (C=O) groups excluding carboxylic acids is 2. The van der Waals surface area contributed by atoms with Gasteiger partial charge in [0.2, 0.25) is 5.91 Å². The molecule has 9 nitrogen and oxygen atoms in total. The van der Waals surface area contributed by atoms with Gasteiger partial charge >= 0.3 is 0 Å². The number of thiophene rings is 1. The van der Waals surface area contributed by atoms with Gasteiger partial charge in [-0.15, -0.1) is 11.3 Å². The van der Waals surface area contributed by atoms with E-state index in [4.69, 9.17) is 10.5 Å². The first kappa shape index (κ1) is 23.0. The Morgan fingerprint density at radius 3 is 2.70 bits per heavy atom. The lowest BCUT2D eigenvalue weighted by atomic mass is 10.1. The van der Waals surface area contributed by atoms with E-state index in [-0.39, 0.29) is 34.1 Å². The van der Waals surface area contributed by atoms with Gasteiger partial charge < -0.3 is 25.7 Å². The Morgan fingerprint density at radius 1 is 1.27 bits per heavy atom. The highest BCUT2D eigenvalue weighted by molar-refractivity contribution is 7.99. The molecule has 0 bridgehead atoms. The van der Waals surface area contributed by atoms with Gasteiger partial charge in [0.1, 0.15) is 10.8 Å². The number of thioether (sulfide) groups is 1. The number of hydrogen-bond donors (Lipinski definition) is 3. The molecule has 0 unspecified atom stereocenters. The van der Waals surface area contributed by atoms with Crippen LogP contribution >= 0.6 is 23.1 Å². The molecule has 172 valence electrons. The molecule has 0 atom stereocenters. The molecule has 1 fully saturated rings. The first-order valence-corrected chi connectivity index (χ1v) is 12.1. The van der Waals surface area contributed by atoms with Crippen LogP contribution in [0.15, 0.2) is 46.3 Å². The lowest BCUT2D eigenvalue weighted by Crippen LogP contribution is -2.41. The van der Waals surface area contributed by atoms with Crippen LogP contribution in [0.4, 0.5) is 10.8 Å². The van der Waals surface area contributed by atoms with Crippen molar-refractivity contribution in [3.63, 3.8) is 0 Å². The zero-order valence-corrected chi connectivity index (χ0v) is 19.6. The summed E-state index contributed by atoms with van der Waals surface area (Å²) in [5.74, 6) is -0.364. The number of rotatable bonds is 6. The molecular formula is C22H23N5O4S2. The Kier molecular flexibility index (Phi) is 7.11. The molecule has 1 aliphatic rings. The molecule has 33 heavy (non-hydrogen) atoms. The third kappa shape index (κ3) is 5.44. The van der Waals surface area contributed by atoms with Crippen molar-refractivity contribution in [2.75, 3.05) is 43.1 Å². The number of nitrogens with one attached hydrogen (secondary N) is 2. The molecular weight excluding hydrogens is 462 g/mol. The third-order valence-electron chi connectivity index (χ3n) is 5.03. The Labute approximate surface area is 198 Å². The molecule has 1 aliphatic heterocycles. The standard InChI is InChI=1S/C22H23N5O4S2/c1-13-18(21(30)27-7-9-31-10-8-27)20(33-19(13)14-5-3-2-4-6-14)25-17(29)12-32-22-24-15(23)11-16(28)26-22/h2-6,11H,7-10,12H2,1H3,(H,25,29)(H3,23,24,26,28). The normalized spacial score (nSPS) is 13.7. The fourth-order valence-electron chi connectivity index (χ4n) is 3.47. The van der Waals surface area contributed by atoms with Crippen LogP contribution in [-0.2, 0) is 9.53 Å². The van der Waals surface area contributed by atoms with Gasteiger partial charge in [-0.25, -0.2) is 4.98 Å². The lowest BCUT2D eigenvalue weighted by Gasteiger charge is -2.27. The van der Waals surface area contributed by atoms with Gasteiger partial charge in [0, 0.05) is 24.0 Å². The second kappa shape index (κ2) is 10.2. The number of carbonyl (C=O) groups is 2. The summed E-state index contributed by atoms with van der Waals surface area (Å²) in [6.07, 6.45) is 0. The van der Waals surface area contributed by atoms with Crippen molar-refractivity contribution < 1.29 is 14.3 Å². The zero-order valence-electron chi connectivity index (χ0n) is 17.9. The van der Waals surface area contributed by atoms with Gasteiger partial charge in [0.15, 0.2) is 5.16 Å². The van der Waals surface area contributed by atoms with E-state index < -0.39 is 0 Å². The predicted molar refractivity (Wildman–Crippen MR) is 130 cm³/mol. The first-order chi connectivity index (χ1) is 15.9. The van der Waals surface area contributed by atoms with E-state index in [1.807, 2.05) is 37.3 Å². The fraction of sp³-hybridized carbons (Fsp3) is 0.273. The smallest absolute Gasteiger partial charge is 0.257 e. The Balaban J connectivity index is 1.59. The minimum Gasteiger partial charge on any atom is -0.383 e. The van der Waals surface area contributed by atoms with E-state index in [1.54, 1.807) is 4.90 Å². The van der Waals surface area contributed by atoms with E-state index in [9.17, 15) is 14.4 Å². The number of aromatic nitrogens is 2. The van der Waals surface area contributed by atoms with E-state index in [0.717, 1.165) is 27.8 Å². The van der Waals surface area contributed by atoms with Gasteiger partial charge in [-0.1, -0.05) is 42.1 Å². The molecule has 11 heteroatoms. The lowest BCUT2D eigenvalue weighted by molar-refractivity contribution is -0.113. The number of morpholine rings is 1. The number of ether oxygens (including phenoxy) is 1. The maximum atomic E-state index is 13.4. The van der Waals surface area contributed by atoms with Crippen molar-refractivity contribution >= 4 is 45.7 Å². The number of aromatic amines is 1. The van der Waals surface area contributed by atoms with Crippen LogP contribution < -0.4 is 16.6 Å². The highest BCUT2D eigenvalue weighted by Crippen LogP contribution is 2.40. The van der Waals surface area contributed by atoms with Crippen molar-refractivity contribution in [3.05, 3.63) is 57.9 Å². The number of hydrogen-bond acceptors (Lipinski definition) is 8. The third-order valence-corrected chi connectivity index (χ3v) is 7.16. The Morgan fingerprint density at radius 2 is 2.00 bits per heavy atom. The minimum absolute atomic E-state index is 0.00477. The van der Waals surface area contributed by atoms with Crippen LogP contribution in [0.2, 0.25) is 0 Å². The van der Waals surface area contributed by atoms with Crippen LogP contribution in [0.5, 0.6) is 0 Å². The van der Waals surface area contributed by atoms with E-state index >= 15 is 0 Å². The van der Waals surface area contributed by atoms with Gasteiger partial charge in [-0.2, -0.15) is 0 Å². The van der Waals surface area contributed by atoms with Gasteiger partial charge in [-0.3, -0.25) is 14.4 Å². The average Bonchev–Trinajstić information content (AvgIpc) is 3.13. The second-order valence-electron chi connectivity index (χ2n) is 7.34. The largest absolute Gasteiger partial charge is 0.383 e. The molecule has 0 aliphatic carbocycles. The monoisotopic (exact) mass is 485 g/mol. The van der Waals surface area contributed by atoms with Gasteiger partial charge in [0.05, 0.1) is 24.5 Å². The average molecular weight is 486 g/mol. The molecule has 0 spiro atoms. The predicted octanol–water partition coefficient (Wildman–Crippen LogP) is 2.59. The van der Waals surface area contributed by atoms with Gasteiger partial charge in [0.25, 0.3) is 11.5 Å². The van der Waals surface area contributed by atoms with Crippen LogP contribution in [-0.4, -0.2) is 58.7 Å². The van der Waals surface area contributed by atoms with Crippen molar-refractivity contribution in [1.82, 2.24) is 14.9 Å². The topological polar surface area (TPSA) is 130 Å². The van der Waals surface area contributed by atoms with Crippen molar-refractivity contribution in [1.29, 1.82) is 0 Å². The number of nitrogen functional groups attached to an aromatic ring is 1. The molecule has 0 radical (unpaired) electrons. The second-order valence-corrected chi connectivity index (χ2v) is 9.33. The molecule has 3 aromatic rings. The summed E-state index contributed by atoms with van der Waals surface area (Å²) >= 11 is 2.43. The summed E-state index contributed by atoms with van der Waals surface area (Å²) in [7, 11) is 0. The van der Waals surface area contributed by atoms with Crippen LogP contribution in [0, 0.1) is 6.92 Å². The number of nitrogens with zero attached hydrogens (tertiary/aromatic N) is 2. The fourth-order valence-corrected chi connectivity index (χ4v) is 5.37. The number of amides is 2. The number of benzene rings is 1. The summed E-state index contributed by atoms with van der Waals surface area (Å²) in [6.45, 7) is 3.89. The maximum Gasteiger partial charge on any atom is 0.257 e. The molecule has 2 amide bonds. The molecule has 3 heterocycles. The highest BCUT2D eigenvalue weighted by Gasteiger charge is 2.28. The van der Waals surface area contributed by atoms with Crippen molar-refractivity contribution in [2.24, 2.45) is 0 Å². The molecule has 1 aromatic carbocycles. The summed E-state index contributed by atoms with van der Waals surface area (Å²) < 4.78 is 5.37. The first-order valence-electron chi connectivity index (χ1n) is 10.3. The van der Waals surface area contributed by atoms with Crippen LogP contribution in [0.3, 0.4) is 0 Å². The molecule has 2 aromatic heterocycles.